The molecule has 3 atom stereocenters. The molecular formula is C22H28F3N3O5. The molecule has 1 aliphatic heterocycles. The van der Waals surface area contributed by atoms with Crippen molar-refractivity contribution in [2.24, 2.45) is 11.8 Å². The zero-order valence-corrected chi connectivity index (χ0v) is 18.3. The van der Waals surface area contributed by atoms with E-state index in [0.717, 1.165) is 5.69 Å². The molecule has 1 aromatic rings. The van der Waals surface area contributed by atoms with Crippen molar-refractivity contribution < 1.29 is 37.5 Å². The zero-order chi connectivity index (χ0) is 24.2. The fourth-order valence-electron chi connectivity index (χ4n) is 4.72. The largest absolute Gasteiger partial charge is 0.490 e. The number of amides is 2. The fraction of sp³-hybridized carbons (Fsp3) is 0.591. The molecule has 33 heavy (non-hydrogen) atoms. The van der Waals surface area contributed by atoms with Gasteiger partial charge >= 0.3 is 12.1 Å². The van der Waals surface area contributed by atoms with E-state index < -0.39 is 35.5 Å². The van der Waals surface area contributed by atoms with Crippen LogP contribution in [0.25, 0.3) is 0 Å². The summed E-state index contributed by atoms with van der Waals surface area (Å²) >= 11 is 0. The van der Waals surface area contributed by atoms with Gasteiger partial charge in [0.15, 0.2) is 0 Å². The number of piperazine rings is 1. The monoisotopic (exact) mass is 471 g/mol. The molecule has 0 spiro atoms. The van der Waals surface area contributed by atoms with Gasteiger partial charge in [0.2, 0.25) is 11.8 Å². The van der Waals surface area contributed by atoms with Crippen LogP contribution in [0.15, 0.2) is 30.3 Å². The first-order valence-corrected chi connectivity index (χ1v) is 10.9. The molecule has 182 valence electrons. The number of rotatable bonds is 5. The second-order valence-corrected chi connectivity index (χ2v) is 8.50. The van der Waals surface area contributed by atoms with Gasteiger partial charge in [-0.05, 0) is 37.8 Å². The molecule has 1 heterocycles. The summed E-state index contributed by atoms with van der Waals surface area (Å²) in [5.41, 5.74) is 1.02. The van der Waals surface area contributed by atoms with Gasteiger partial charge in [-0.15, -0.1) is 0 Å². The minimum Gasteiger partial charge on any atom is -0.452 e. The molecule has 8 nitrogen and oxygen atoms in total. The lowest BCUT2D eigenvalue weighted by atomic mass is 9.69. The third-order valence-corrected chi connectivity index (χ3v) is 6.65. The van der Waals surface area contributed by atoms with Crippen LogP contribution in [-0.2, 0) is 19.1 Å². The van der Waals surface area contributed by atoms with E-state index in [0.29, 0.717) is 26.2 Å². The Kier molecular flexibility index (Phi) is 7.51. The maximum Gasteiger partial charge on any atom is 0.490 e. The Balaban J connectivity index is 1.70. The van der Waals surface area contributed by atoms with Gasteiger partial charge in [-0.1, -0.05) is 25.1 Å². The molecule has 1 saturated heterocycles. The molecule has 11 heteroatoms. The quantitative estimate of drug-likeness (QED) is 0.389. The summed E-state index contributed by atoms with van der Waals surface area (Å²) in [6, 6.07) is 9.73. The molecule has 0 unspecified atom stereocenters. The molecule has 2 amide bonds. The number of nitrogens with one attached hydrogen (secondary N) is 1. The average Bonchev–Trinajstić information content (AvgIpc) is 2.83. The lowest BCUT2D eigenvalue weighted by molar-refractivity contribution is -0.219. The number of hydroxylamine groups is 1. The smallest absolute Gasteiger partial charge is 0.452 e. The van der Waals surface area contributed by atoms with Crippen molar-refractivity contribution in [3.05, 3.63) is 30.3 Å². The van der Waals surface area contributed by atoms with Crippen LogP contribution in [0.1, 0.15) is 32.6 Å². The van der Waals surface area contributed by atoms with Crippen LogP contribution in [-0.4, -0.2) is 65.8 Å². The number of esters is 1. The number of carbonyl (C=O) groups is 3. The molecule has 2 N–H and O–H groups in total. The fourth-order valence-corrected chi connectivity index (χ4v) is 4.72. The first-order valence-electron chi connectivity index (χ1n) is 10.9. The van der Waals surface area contributed by atoms with E-state index in [1.165, 1.54) is 5.48 Å². The van der Waals surface area contributed by atoms with Gasteiger partial charge in [-0.3, -0.25) is 14.8 Å². The van der Waals surface area contributed by atoms with Gasteiger partial charge in [-0.25, -0.2) is 10.3 Å². The van der Waals surface area contributed by atoms with Crippen molar-refractivity contribution in [1.29, 1.82) is 0 Å². The Hall–Kier alpha value is -2.82. The van der Waals surface area contributed by atoms with Crippen LogP contribution in [0, 0.1) is 11.8 Å². The number of nitrogens with zero attached hydrogens (tertiary/aromatic N) is 2. The van der Waals surface area contributed by atoms with E-state index in [4.69, 9.17) is 4.74 Å². The molecular weight excluding hydrogens is 443 g/mol. The maximum atomic E-state index is 13.3. The molecule has 2 aliphatic rings. The first kappa shape index (κ1) is 24.8. The van der Waals surface area contributed by atoms with Crippen LogP contribution in [0.3, 0.4) is 0 Å². The van der Waals surface area contributed by atoms with Crippen molar-refractivity contribution in [3.63, 3.8) is 0 Å². The van der Waals surface area contributed by atoms with E-state index in [-0.39, 0.29) is 31.6 Å². The van der Waals surface area contributed by atoms with Crippen molar-refractivity contribution in [2.75, 3.05) is 31.1 Å². The highest BCUT2D eigenvalue weighted by Crippen LogP contribution is 2.43. The van der Waals surface area contributed by atoms with Crippen LogP contribution in [0.5, 0.6) is 0 Å². The second kappa shape index (κ2) is 9.98. The predicted molar refractivity (Wildman–Crippen MR) is 111 cm³/mol. The number of para-hydroxylation sites is 1. The van der Waals surface area contributed by atoms with Gasteiger partial charge in [0.05, 0.1) is 11.8 Å². The van der Waals surface area contributed by atoms with Crippen molar-refractivity contribution in [1.82, 2.24) is 10.4 Å². The van der Waals surface area contributed by atoms with Crippen molar-refractivity contribution in [2.45, 2.75) is 44.4 Å². The van der Waals surface area contributed by atoms with Gasteiger partial charge in [0, 0.05) is 31.9 Å². The summed E-state index contributed by atoms with van der Waals surface area (Å²) in [7, 11) is 0. The summed E-state index contributed by atoms with van der Waals surface area (Å²) < 4.78 is 43.1. The van der Waals surface area contributed by atoms with Crippen LogP contribution in [0.4, 0.5) is 18.9 Å². The number of anilines is 1. The molecule has 1 aliphatic carbocycles. The second-order valence-electron chi connectivity index (χ2n) is 8.50. The van der Waals surface area contributed by atoms with Gasteiger partial charge in [0.25, 0.3) is 0 Å². The molecule has 0 radical (unpaired) electrons. The number of alkyl halides is 3. The number of carbonyl (C=O) groups excluding carboxylic acids is 3. The van der Waals surface area contributed by atoms with E-state index in [1.54, 1.807) is 11.8 Å². The molecule has 0 aromatic heterocycles. The summed E-state index contributed by atoms with van der Waals surface area (Å²) in [6.07, 6.45) is -5.32. The van der Waals surface area contributed by atoms with Gasteiger partial charge in [0.1, 0.15) is 5.60 Å². The predicted octanol–water partition coefficient (Wildman–Crippen LogP) is 2.51. The first-order chi connectivity index (χ1) is 15.6. The van der Waals surface area contributed by atoms with E-state index in [2.05, 4.69) is 4.90 Å². The Morgan fingerprint density at radius 2 is 1.76 bits per heavy atom. The molecule has 0 bridgehead atoms. The van der Waals surface area contributed by atoms with Gasteiger partial charge in [-0.2, -0.15) is 13.2 Å². The van der Waals surface area contributed by atoms with Crippen LogP contribution in [0.2, 0.25) is 0 Å². The summed E-state index contributed by atoms with van der Waals surface area (Å²) in [5.74, 6) is -5.44. The third kappa shape index (κ3) is 5.58. The summed E-state index contributed by atoms with van der Waals surface area (Å²) in [5, 5.41) is 9.19. The maximum absolute atomic E-state index is 13.3. The number of ether oxygens (including phenoxy) is 1. The lowest BCUT2D eigenvalue weighted by Gasteiger charge is -2.44. The van der Waals surface area contributed by atoms with Gasteiger partial charge < -0.3 is 14.5 Å². The highest BCUT2D eigenvalue weighted by atomic mass is 19.4. The van der Waals surface area contributed by atoms with E-state index >= 15 is 0 Å². The topological polar surface area (TPSA) is 99.2 Å². The summed E-state index contributed by atoms with van der Waals surface area (Å²) in [6.45, 7) is 3.62. The Labute approximate surface area is 189 Å². The number of benzene rings is 1. The minimum absolute atomic E-state index is 0.0148. The average molecular weight is 471 g/mol. The number of hydrogen-bond donors (Lipinski definition) is 2. The third-order valence-electron chi connectivity index (χ3n) is 6.65. The van der Waals surface area contributed by atoms with Crippen LogP contribution >= 0.6 is 0 Å². The lowest BCUT2D eigenvalue weighted by Crippen LogP contribution is -2.55. The molecule has 3 rings (SSSR count). The normalized spacial score (nSPS) is 26.0. The van der Waals surface area contributed by atoms with Crippen molar-refractivity contribution in [3.8, 4) is 0 Å². The summed E-state index contributed by atoms with van der Waals surface area (Å²) in [4.78, 5) is 40.9. The van der Waals surface area contributed by atoms with Crippen molar-refractivity contribution >= 4 is 23.5 Å². The highest BCUT2D eigenvalue weighted by molar-refractivity contribution is 5.88. The van der Waals surface area contributed by atoms with Crippen LogP contribution < -0.4 is 10.4 Å². The SMILES string of the molecule is CC[C@@]1(OC(=O)C(F)(F)F)CC[C@H](C(=O)N2CCN(c3ccccc3)CC2)[C@@H](C(=O)NO)C1. The minimum atomic E-state index is -5.16. The highest BCUT2D eigenvalue weighted by Gasteiger charge is 2.52. The molecule has 1 saturated carbocycles. The standard InChI is InChI=1S/C22H28F3N3O5/c1-2-21(33-20(31)22(23,24)25)9-8-16(17(14-21)18(29)26-32)19(30)28-12-10-27(11-13-28)15-6-4-3-5-7-15/h3-7,16-17,32H,2,8-14H2,1H3,(H,26,29)/t16-,17-,21+/m0/s1. The molecule has 2 fully saturated rings. The number of hydrogen-bond acceptors (Lipinski definition) is 6. The van der Waals surface area contributed by atoms with E-state index in [1.807, 2.05) is 30.3 Å². The molecule has 1 aromatic carbocycles. The number of halogens is 3. The Morgan fingerprint density at radius 3 is 2.30 bits per heavy atom. The zero-order valence-electron chi connectivity index (χ0n) is 18.3. The Bertz CT molecular complexity index is 859. The Morgan fingerprint density at radius 1 is 1.12 bits per heavy atom. The van der Waals surface area contributed by atoms with E-state index in [9.17, 15) is 32.8 Å².